The number of ether oxygens (including phenoxy) is 1. The highest BCUT2D eigenvalue weighted by Gasteiger charge is 1.95. The van der Waals surface area contributed by atoms with Gasteiger partial charge in [-0.3, -0.25) is 0 Å². The first-order valence-corrected chi connectivity index (χ1v) is 1.98. The van der Waals surface area contributed by atoms with E-state index in [0.29, 0.717) is 11.9 Å². The van der Waals surface area contributed by atoms with Gasteiger partial charge in [-0.05, 0) is 0 Å². The SMILES string of the molecule is ClC1=COCN1. The van der Waals surface area contributed by atoms with Crippen molar-refractivity contribution < 1.29 is 4.74 Å². The molecule has 1 rings (SSSR count). The van der Waals surface area contributed by atoms with Crippen LogP contribution in [0.15, 0.2) is 11.4 Å². The van der Waals surface area contributed by atoms with Gasteiger partial charge in [0.1, 0.15) is 11.4 Å². The highest BCUT2D eigenvalue weighted by molar-refractivity contribution is 6.29. The standard InChI is InChI=1S/C3H4ClNO/c4-3-1-6-2-5-3/h1,5H,2H2. The fraction of sp³-hybridized carbons (Fsp3) is 0.333. The Balaban J connectivity index is 2.45. The molecule has 0 atom stereocenters. The molecule has 0 unspecified atom stereocenters. The maximum absolute atomic E-state index is 5.34. The van der Waals surface area contributed by atoms with Crippen LogP contribution in [0.25, 0.3) is 0 Å². The van der Waals surface area contributed by atoms with Crippen LogP contribution in [0, 0.1) is 0 Å². The van der Waals surface area contributed by atoms with E-state index in [4.69, 9.17) is 11.6 Å². The zero-order valence-electron chi connectivity index (χ0n) is 3.07. The van der Waals surface area contributed by atoms with Gasteiger partial charge in [-0.1, -0.05) is 11.6 Å². The van der Waals surface area contributed by atoms with E-state index in [1.165, 1.54) is 6.26 Å². The Hall–Kier alpha value is -0.370. The summed E-state index contributed by atoms with van der Waals surface area (Å²) in [5, 5.41) is 3.30. The lowest BCUT2D eigenvalue weighted by molar-refractivity contribution is 0.267. The van der Waals surface area contributed by atoms with Gasteiger partial charge >= 0.3 is 0 Å². The predicted octanol–water partition coefficient (Wildman–Crippen LogP) is 0.601. The van der Waals surface area contributed by atoms with E-state index in [-0.39, 0.29) is 0 Å². The van der Waals surface area contributed by atoms with E-state index < -0.39 is 0 Å². The van der Waals surface area contributed by atoms with E-state index in [9.17, 15) is 0 Å². The molecule has 2 nitrogen and oxygen atoms in total. The van der Waals surface area contributed by atoms with Gasteiger partial charge < -0.3 is 10.1 Å². The second-order valence-electron chi connectivity index (χ2n) is 0.954. The summed E-state index contributed by atoms with van der Waals surface area (Å²) in [6, 6.07) is 0. The van der Waals surface area contributed by atoms with Crippen molar-refractivity contribution in [1.29, 1.82) is 0 Å². The van der Waals surface area contributed by atoms with Crippen LogP contribution < -0.4 is 5.32 Å². The summed E-state index contributed by atoms with van der Waals surface area (Å²) in [7, 11) is 0. The van der Waals surface area contributed by atoms with Crippen LogP contribution in [0.1, 0.15) is 0 Å². The van der Waals surface area contributed by atoms with E-state index >= 15 is 0 Å². The predicted molar refractivity (Wildman–Crippen MR) is 23.0 cm³/mol. The fourth-order valence-electron chi connectivity index (χ4n) is 0.267. The number of hydrogen-bond acceptors (Lipinski definition) is 2. The van der Waals surface area contributed by atoms with Crippen LogP contribution in [0.5, 0.6) is 0 Å². The topological polar surface area (TPSA) is 21.3 Å². The molecule has 0 radical (unpaired) electrons. The average molecular weight is 106 g/mol. The number of nitrogens with one attached hydrogen (secondary N) is 1. The maximum Gasteiger partial charge on any atom is 0.159 e. The molecule has 0 fully saturated rings. The van der Waals surface area contributed by atoms with E-state index in [1.807, 2.05) is 0 Å². The van der Waals surface area contributed by atoms with Crippen molar-refractivity contribution in [3.8, 4) is 0 Å². The van der Waals surface area contributed by atoms with Crippen LogP contribution in [-0.2, 0) is 4.74 Å². The molecule has 0 aromatic rings. The Morgan fingerprint density at radius 1 is 2.00 bits per heavy atom. The molecule has 3 heteroatoms. The van der Waals surface area contributed by atoms with E-state index in [0.717, 1.165) is 0 Å². The Morgan fingerprint density at radius 2 is 2.83 bits per heavy atom. The molecule has 0 aromatic heterocycles. The van der Waals surface area contributed by atoms with Crippen molar-refractivity contribution in [3.05, 3.63) is 11.4 Å². The van der Waals surface area contributed by atoms with Crippen molar-refractivity contribution in [3.63, 3.8) is 0 Å². The molecule has 0 amide bonds. The van der Waals surface area contributed by atoms with Gasteiger partial charge in [0.25, 0.3) is 0 Å². The molecule has 34 valence electrons. The fourth-order valence-corrected chi connectivity index (χ4v) is 0.385. The molecular weight excluding hydrogens is 101 g/mol. The lowest BCUT2D eigenvalue weighted by Gasteiger charge is -1.84. The summed E-state index contributed by atoms with van der Waals surface area (Å²) >= 11 is 5.34. The molecule has 0 aliphatic carbocycles. The zero-order valence-corrected chi connectivity index (χ0v) is 3.83. The molecule has 1 aliphatic rings. The maximum atomic E-state index is 5.34. The van der Waals surface area contributed by atoms with Gasteiger partial charge in [0, 0.05) is 0 Å². The van der Waals surface area contributed by atoms with Crippen LogP contribution in [0.4, 0.5) is 0 Å². The molecule has 1 heterocycles. The third-order valence-electron chi connectivity index (χ3n) is 0.511. The van der Waals surface area contributed by atoms with E-state index in [2.05, 4.69) is 10.1 Å². The zero-order chi connectivity index (χ0) is 4.41. The second-order valence-corrected chi connectivity index (χ2v) is 1.36. The molecule has 1 aliphatic heterocycles. The Bertz CT molecular complexity index is 80.9. The minimum Gasteiger partial charge on any atom is -0.478 e. The van der Waals surface area contributed by atoms with Crippen molar-refractivity contribution in [1.82, 2.24) is 5.32 Å². The minimum absolute atomic E-state index is 0.513. The van der Waals surface area contributed by atoms with Crippen molar-refractivity contribution in [2.45, 2.75) is 0 Å². The molecule has 0 saturated heterocycles. The molecule has 0 saturated carbocycles. The summed E-state index contributed by atoms with van der Waals surface area (Å²) < 4.78 is 4.65. The first-order valence-electron chi connectivity index (χ1n) is 1.61. The Labute approximate surface area is 40.7 Å². The molecule has 6 heavy (non-hydrogen) atoms. The normalized spacial score (nSPS) is 18.5. The first kappa shape index (κ1) is 3.81. The van der Waals surface area contributed by atoms with Gasteiger partial charge in [0.15, 0.2) is 6.73 Å². The Morgan fingerprint density at radius 3 is 3.00 bits per heavy atom. The molecular formula is C3H4ClNO. The van der Waals surface area contributed by atoms with Crippen LogP contribution in [-0.4, -0.2) is 6.73 Å². The van der Waals surface area contributed by atoms with Gasteiger partial charge in [0.05, 0.1) is 0 Å². The highest BCUT2D eigenvalue weighted by atomic mass is 35.5. The second kappa shape index (κ2) is 1.39. The van der Waals surface area contributed by atoms with Crippen molar-refractivity contribution in [2.24, 2.45) is 0 Å². The molecule has 1 N–H and O–H groups in total. The monoisotopic (exact) mass is 105 g/mol. The Kier molecular flexibility index (Phi) is 0.881. The van der Waals surface area contributed by atoms with Gasteiger partial charge in [-0.2, -0.15) is 0 Å². The summed E-state index contributed by atoms with van der Waals surface area (Å²) in [5.41, 5.74) is 0. The third kappa shape index (κ3) is 0.571. The smallest absolute Gasteiger partial charge is 0.159 e. The summed E-state index contributed by atoms with van der Waals surface area (Å²) in [4.78, 5) is 0. The quantitative estimate of drug-likeness (QED) is 0.456. The number of halogens is 1. The molecule has 0 spiro atoms. The lowest BCUT2D eigenvalue weighted by atomic mass is 11.0. The van der Waals surface area contributed by atoms with Crippen molar-refractivity contribution in [2.75, 3.05) is 6.73 Å². The van der Waals surface area contributed by atoms with Crippen LogP contribution in [0.3, 0.4) is 0 Å². The minimum atomic E-state index is 0.513. The van der Waals surface area contributed by atoms with Crippen LogP contribution in [0.2, 0.25) is 0 Å². The van der Waals surface area contributed by atoms with Crippen molar-refractivity contribution >= 4 is 11.6 Å². The average Bonchev–Trinajstić information content (AvgIpc) is 1.86. The highest BCUT2D eigenvalue weighted by Crippen LogP contribution is 2.00. The van der Waals surface area contributed by atoms with Crippen LogP contribution >= 0.6 is 11.6 Å². The third-order valence-corrected chi connectivity index (χ3v) is 0.734. The summed E-state index contributed by atoms with van der Waals surface area (Å²) in [5.74, 6) is 0. The van der Waals surface area contributed by atoms with E-state index in [1.54, 1.807) is 0 Å². The summed E-state index contributed by atoms with van der Waals surface area (Å²) in [6.45, 7) is 0.513. The lowest BCUT2D eigenvalue weighted by Crippen LogP contribution is -2.02. The van der Waals surface area contributed by atoms with Gasteiger partial charge in [-0.25, -0.2) is 0 Å². The molecule has 0 aromatic carbocycles. The van der Waals surface area contributed by atoms with Gasteiger partial charge in [-0.15, -0.1) is 0 Å². The largest absolute Gasteiger partial charge is 0.478 e. The summed E-state index contributed by atoms with van der Waals surface area (Å²) in [6.07, 6.45) is 1.47. The number of rotatable bonds is 0. The first-order chi connectivity index (χ1) is 2.89. The molecule has 0 bridgehead atoms. The number of hydrogen-bond donors (Lipinski definition) is 1. The van der Waals surface area contributed by atoms with Gasteiger partial charge in [0.2, 0.25) is 0 Å².